The smallest absolute Gasteiger partial charge is 0.227 e. The molecule has 164 valence electrons. The molecule has 3 saturated heterocycles. The zero-order chi connectivity index (χ0) is 20.8. The van der Waals surface area contributed by atoms with E-state index in [1.165, 1.54) is 0 Å². The number of carbonyl (C=O) groups is 2. The number of likely N-dealkylation sites (tertiary alicyclic amines) is 2. The van der Waals surface area contributed by atoms with Crippen molar-refractivity contribution in [2.75, 3.05) is 46.0 Å². The van der Waals surface area contributed by atoms with E-state index >= 15 is 0 Å². The van der Waals surface area contributed by atoms with E-state index in [4.69, 9.17) is 14.2 Å². The molecule has 7 nitrogen and oxygen atoms in total. The SMILES string of the molecule is O=C(CCOc1ccccc1)N1CCCC(C(=O)N2CCC(C3OCCO3)CC2)C1. The Morgan fingerprint density at radius 3 is 2.43 bits per heavy atom. The molecule has 0 radical (unpaired) electrons. The summed E-state index contributed by atoms with van der Waals surface area (Å²) < 4.78 is 16.9. The van der Waals surface area contributed by atoms with Gasteiger partial charge in [-0.2, -0.15) is 0 Å². The predicted octanol–water partition coefficient (Wildman–Crippen LogP) is 2.31. The summed E-state index contributed by atoms with van der Waals surface area (Å²) in [5.41, 5.74) is 0. The van der Waals surface area contributed by atoms with Crippen LogP contribution in [0.2, 0.25) is 0 Å². The van der Waals surface area contributed by atoms with Gasteiger partial charge in [-0.25, -0.2) is 0 Å². The number of amides is 2. The molecule has 0 N–H and O–H groups in total. The van der Waals surface area contributed by atoms with Gasteiger partial charge in [0, 0.05) is 32.1 Å². The molecule has 0 saturated carbocycles. The van der Waals surface area contributed by atoms with Crippen LogP contribution in [0.3, 0.4) is 0 Å². The second-order valence-corrected chi connectivity index (χ2v) is 8.36. The number of nitrogens with zero attached hydrogens (tertiary/aromatic N) is 2. The normalized spacial score (nSPS) is 23.5. The third-order valence-electron chi connectivity index (χ3n) is 6.33. The van der Waals surface area contributed by atoms with Gasteiger partial charge in [0.2, 0.25) is 11.8 Å². The predicted molar refractivity (Wildman–Crippen MR) is 111 cm³/mol. The van der Waals surface area contributed by atoms with Crippen LogP contribution in [0, 0.1) is 11.8 Å². The molecule has 3 aliphatic heterocycles. The monoisotopic (exact) mass is 416 g/mol. The van der Waals surface area contributed by atoms with Gasteiger partial charge in [-0.3, -0.25) is 9.59 Å². The fourth-order valence-corrected chi connectivity index (χ4v) is 4.64. The number of benzene rings is 1. The summed E-state index contributed by atoms with van der Waals surface area (Å²) in [6, 6.07) is 9.52. The number of ether oxygens (including phenoxy) is 3. The quantitative estimate of drug-likeness (QED) is 0.712. The van der Waals surface area contributed by atoms with Crippen LogP contribution >= 0.6 is 0 Å². The highest BCUT2D eigenvalue weighted by atomic mass is 16.7. The first-order valence-electron chi connectivity index (χ1n) is 11.2. The molecular weight excluding hydrogens is 384 g/mol. The molecule has 3 heterocycles. The fourth-order valence-electron chi connectivity index (χ4n) is 4.64. The summed E-state index contributed by atoms with van der Waals surface area (Å²) in [5.74, 6) is 1.32. The minimum absolute atomic E-state index is 0.0673. The summed E-state index contributed by atoms with van der Waals surface area (Å²) in [7, 11) is 0. The molecule has 0 bridgehead atoms. The highest BCUT2D eigenvalue weighted by Crippen LogP contribution is 2.28. The van der Waals surface area contributed by atoms with Gasteiger partial charge < -0.3 is 24.0 Å². The van der Waals surface area contributed by atoms with Gasteiger partial charge in [0.25, 0.3) is 0 Å². The van der Waals surface area contributed by atoms with Gasteiger partial charge in [-0.05, 0) is 37.8 Å². The van der Waals surface area contributed by atoms with Crippen molar-refractivity contribution in [2.24, 2.45) is 11.8 Å². The van der Waals surface area contributed by atoms with Crippen molar-refractivity contribution >= 4 is 11.8 Å². The lowest BCUT2D eigenvalue weighted by Crippen LogP contribution is -2.49. The number of piperidine rings is 2. The van der Waals surface area contributed by atoms with Crippen LogP contribution < -0.4 is 4.74 Å². The summed E-state index contributed by atoms with van der Waals surface area (Å²) in [4.78, 5) is 29.5. The lowest BCUT2D eigenvalue weighted by molar-refractivity contribution is -0.145. The summed E-state index contributed by atoms with van der Waals surface area (Å²) in [5, 5.41) is 0. The maximum absolute atomic E-state index is 13.0. The van der Waals surface area contributed by atoms with E-state index in [0.717, 1.165) is 51.1 Å². The highest BCUT2D eigenvalue weighted by Gasteiger charge is 2.35. The van der Waals surface area contributed by atoms with Crippen LogP contribution in [0.1, 0.15) is 32.1 Å². The molecule has 4 rings (SSSR count). The molecule has 1 aromatic rings. The second-order valence-electron chi connectivity index (χ2n) is 8.36. The van der Waals surface area contributed by atoms with Crippen molar-refractivity contribution in [3.8, 4) is 5.75 Å². The van der Waals surface area contributed by atoms with Crippen LogP contribution in [0.4, 0.5) is 0 Å². The molecular formula is C23H32N2O5. The van der Waals surface area contributed by atoms with Crippen molar-refractivity contribution < 1.29 is 23.8 Å². The van der Waals surface area contributed by atoms with E-state index in [0.29, 0.717) is 38.7 Å². The Morgan fingerprint density at radius 1 is 0.967 bits per heavy atom. The van der Waals surface area contributed by atoms with Crippen LogP contribution in [0.5, 0.6) is 5.75 Å². The number of para-hydroxylation sites is 1. The Labute approximate surface area is 178 Å². The van der Waals surface area contributed by atoms with Crippen molar-refractivity contribution in [3.63, 3.8) is 0 Å². The molecule has 30 heavy (non-hydrogen) atoms. The van der Waals surface area contributed by atoms with Crippen molar-refractivity contribution in [1.29, 1.82) is 0 Å². The fraction of sp³-hybridized carbons (Fsp3) is 0.652. The molecule has 3 fully saturated rings. The average Bonchev–Trinajstić information content (AvgIpc) is 3.34. The first kappa shape index (κ1) is 21.1. The summed E-state index contributed by atoms with van der Waals surface area (Å²) >= 11 is 0. The maximum Gasteiger partial charge on any atom is 0.227 e. The Hall–Kier alpha value is -2.12. The molecule has 7 heteroatoms. The highest BCUT2D eigenvalue weighted by molar-refractivity contribution is 5.81. The topological polar surface area (TPSA) is 68.3 Å². The Bertz CT molecular complexity index is 699. The molecule has 0 aliphatic carbocycles. The average molecular weight is 417 g/mol. The van der Waals surface area contributed by atoms with E-state index in [-0.39, 0.29) is 24.0 Å². The van der Waals surface area contributed by atoms with E-state index in [1.54, 1.807) is 0 Å². The number of hydrogen-bond donors (Lipinski definition) is 0. The minimum atomic E-state index is -0.0943. The Morgan fingerprint density at radius 2 is 1.70 bits per heavy atom. The van der Waals surface area contributed by atoms with Gasteiger partial charge in [0.05, 0.1) is 32.2 Å². The van der Waals surface area contributed by atoms with Gasteiger partial charge in [-0.15, -0.1) is 0 Å². The Kier molecular flexibility index (Phi) is 7.23. The molecule has 0 spiro atoms. The summed E-state index contributed by atoms with van der Waals surface area (Å²) in [6.07, 6.45) is 3.82. The van der Waals surface area contributed by atoms with Crippen molar-refractivity contribution in [2.45, 2.75) is 38.4 Å². The van der Waals surface area contributed by atoms with Crippen molar-refractivity contribution in [1.82, 2.24) is 9.80 Å². The first-order valence-corrected chi connectivity index (χ1v) is 11.2. The summed E-state index contributed by atoms with van der Waals surface area (Å²) in [6.45, 7) is 4.46. The largest absolute Gasteiger partial charge is 0.493 e. The van der Waals surface area contributed by atoms with Gasteiger partial charge >= 0.3 is 0 Å². The molecule has 2 amide bonds. The number of hydrogen-bond acceptors (Lipinski definition) is 5. The van der Waals surface area contributed by atoms with E-state index in [9.17, 15) is 9.59 Å². The standard InChI is InChI=1S/C23H32N2O5/c26-21(10-14-28-20-6-2-1-3-7-20)25-11-4-5-19(17-25)22(27)24-12-8-18(9-13-24)23-29-15-16-30-23/h1-3,6-7,18-19,23H,4-5,8-17H2. The molecule has 1 atom stereocenters. The Balaban J connectivity index is 1.21. The van der Waals surface area contributed by atoms with Crippen LogP contribution in [0.25, 0.3) is 0 Å². The third kappa shape index (κ3) is 5.32. The van der Waals surface area contributed by atoms with Gasteiger partial charge in [-0.1, -0.05) is 18.2 Å². The molecule has 3 aliphatic rings. The van der Waals surface area contributed by atoms with Crippen LogP contribution in [-0.4, -0.2) is 73.9 Å². The van der Waals surface area contributed by atoms with Gasteiger partial charge in [0.1, 0.15) is 5.75 Å². The zero-order valence-corrected chi connectivity index (χ0v) is 17.5. The first-order chi connectivity index (χ1) is 14.7. The number of carbonyl (C=O) groups excluding carboxylic acids is 2. The van der Waals surface area contributed by atoms with E-state index < -0.39 is 0 Å². The lowest BCUT2D eigenvalue weighted by Gasteiger charge is -2.38. The number of rotatable bonds is 6. The van der Waals surface area contributed by atoms with Crippen molar-refractivity contribution in [3.05, 3.63) is 30.3 Å². The van der Waals surface area contributed by atoms with Crippen LogP contribution in [-0.2, 0) is 19.1 Å². The van der Waals surface area contributed by atoms with E-state index in [1.807, 2.05) is 40.1 Å². The van der Waals surface area contributed by atoms with Crippen LogP contribution in [0.15, 0.2) is 30.3 Å². The zero-order valence-electron chi connectivity index (χ0n) is 17.5. The van der Waals surface area contributed by atoms with E-state index in [2.05, 4.69) is 0 Å². The molecule has 1 aromatic carbocycles. The lowest BCUT2D eigenvalue weighted by atomic mass is 9.92. The maximum atomic E-state index is 13.0. The molecule has 1 unspecified atom stereocenters. The third-order valence-corrected chi connectivity index (χ3v) is 6.33. The second kappa shape index (κ2) is 10.3. The van der Waals surface area contributed by atoms with Gasteiger partial charge in [0.15, 0.2) is 6.29 Å². The minimum Gasteiger partial charge on any atom is -0.493 e. The molecule has 0 aromatic heterocycles.